The molecular weight excluding hydrogens is 316 g/mol. The van der Waals surface area contributed by atoms with Crippen LogP contribution in [-0.4, -0.2) is 30.6 Å². The SMILES string of the molecule is CCC(NC(=O)N1CCOC(c2ccsc2)C1)c1cccs1. The van der Waals surface area contributed by atoms with Crippen LogP contribution in [0.1, 0.15) is 35.9 Å². The van der Waals surface area contributed by atoms with Gasteiger partial charge in [-0.05, 0) is 40.3 Å². The Morgan fingerprint density at radius 2 is 2.41 bits per heavy atom. The molecule has 1 aliphatic heterocycles. The Hall–Kier alpha value is -1.37. The zero-order valence-electron chi connectivity index (χ0n) is 12.5. The van der Waals surface area contributed by atoms with Crippen molar-refractivity contribution < 1.29 is 9.53 Å². The number of hydrogen-bond donors (Lipinski definition) is 1. The van der Waals surface area contributed by atoms with Crippen LogP contribution in [0.15, 0.2) is 34.3 Å². The summed E-state index contributed by atoms with van der Waals surface area (Å²) in [7, 11) is 0. The Morgan fingerprint density at radius 3 is 3.09 bits per heavy atom. The average molecular weight is 336 g/mol. The van der Waals surface area contributed by atoms with Crippen LogP contribution in [0.4, 0.5) is 4.79 Å². The molecule has 22 heavy (non-hydrogen) atoms. The summed E-state index contributed by atoms with van der Waals surface area (Å²) >= 11 is 3.34. The van der Waals surface area contributed by atoms with Crippen molar-refractivity contribution in [3.63, 3.8) is 0 Å². The maximum Gasteiger partial charge on any atom is 0.318 e. The molecule has 0 saturated carbocycles. The van der Waals surface area contributed by atoms with Gasteiger partial charge in [-0.1, -0.05) is 13.0 Å². The Kier molecular flexibility index (Phi) is 5.12. The number of amides is 2. The first-order chi connectivity index (χ1) is 10.8. The number of urea groups is 1. The third-order valence-electron chi connectivity index (χ3n) is 3.86. The van der Waals surface area contributed by atoms with Crippen molar-refractivity contribution in [3.05, 3.63) is 44.8 Å². The Morgan fingerprint density at radius 1 is 1.50 bits per heavy atom. The number of morpholine rings is 1. The van der Waals surface area contributed by atoms with Crippen LogP contribution in [0.2, 0.25) is 0 Å². The Bertz CT molecular complexity index is 583. The van der Waals surface area contributed by atoms with E-state index in [9.17, 15) is 4.79 Å². The summed E-state index contributed by atoms with van der Waals surface area (Å²) in [5.41, 5.74) is 1.16. The van der Waals surface area contributed by atoms with Crippen LogP contribution in [0, 0.1) is 0 Å². The first-order valence-corrected chi connectivity index (χ1v) is 9.32. The first kappa shape index (κ1) is 15.5. The summed E-state index contributed by atoms with van der Waals surface area (Å²) < 4.78 is 5.79. The summed E-state index contributed by atoms with van der Waals surface area (Å²) in [4.78, 5) is 15.6. The second-order valence-corrected chi connectivity index (χ2v) is 7.05. The fourth-order valence-electron chi connectivity index (χ4n) is 2.60. The highest BCUT2D eigenvalue weighted by atomic mass is 32.1. The maximum atomic E-state index is 12.5. The average Bonchev–Trinajstić information content (AvgIpc) is 3.25. The first-order valence-electron chi connectivity index (χ1n) is 7.50. The molecule has 0 aliphatic carbocycles. The summed E-state index contributed by atoms with van der Waals surface area (Å²) in [5, 5.41) is 9.33. The number of thiophene rings is 2. The minimum atomic E-state index is -0.00688. The molecule has 2 unspecified atom stereocenters. The maximum absolute atomic E-state index is 12.5. The monoisotopic (exact) mass is 336 g/mol. The lowest BCUT2D eigenvalue weighted by atomic mass is 10.1. The summed E-state index contributed by atoms with van der Waals surface area (Å²) in [6.45, 7) is 3.94. The number of nitrogens with zero attached hydrogens (tertiary/aromatic N) is 1. The third kappa shape index (κ3) is 3.51. The fraction of sp³-hybridized carbons (Fsp3) is 0.438. The predicted molar refractivity (Wildman–Crippen MR) is 90.5 cm³/mol. The third-order valence-corrected chi connectivity index (χ3v) is 5.55. The molecule has 1 saturated heterocycles. The molecule has 0 radical (unpaired) electrons. The molecule has 2 aromatic rings. The van der Waals surface area contributed by atoms with Crippen LogP contribution >= 0.6 is 22.7 Å². The largest absolute Gasteiger partial charge is 0.370 e. The smallest absolute Gasteiger partial charge is 0.318 e. The van der Waals surface area contributed by atoms with E-state index in [-0.39, 0.29) is 18.2 Å². The highest BCUT2D eigenvalue weighted by Gasteiger charge is 2.27. The van der Waals surface area contributed by atoms with Gasteiger partial charge >= 0.3 is 6.03 Å². The van der Waals surface area contributed by atoms with Gasteiger partial charge in [0.05, 0.1) is 19.2 Å². The van der Waals surface area contributed by atoms with E-state index in [0.717, 1.165) is 12.0 Å². The molecule has 0 bridgehead atoms. The second kappa shape index (κ2) is 7.26. The molecule has 1 fully saturated rings. The molecule has 0 spiro atoms. The quantitative estimate of drug-likeness (QED) is 0.915. The van der Waals surface area contributed by atoms with E-state index in [2.05, 4.69) is 29.8 Å². The van der Waals surface area contributed by atoms with Gasteiger partial charge in [0.25, 0.3) is 0 Å². The van der Waals surface area contributed by atoms with Crippen LogP contribution in [0.5, 0.6) is 0 Å². The predicted octanol–water partition coefficient (Wildman–Crippen LogP) is 4.04. The second-order valence-electron chi connectivity index (χ2n) is 5.29. The zero-order chi connectivity index (χ0) is 15.4. The van der Waals surface area contributed by atoms with E-state index in [1.807, 2.05) is 21.7 Å². The van der Waals surface area contributed by atoms with Crippen molar-refractivity contribution in [3.8, 4) is 0 Å². The van der Waals surface area contributed by atoms with Gasteiger partial charge in [0, 0.05) is 11.4 Å². The number of ether oxygens (including phenoxy) is 1. The normalized spacial score (nSPS) is 19.9. The lowest BCUT2D eigenvalue weighted by Crippen LogP contribution is -2.47. The van der Waals surface area contributed by atoms with Gasteiger partial charge in [-0.25, -0.2) is 4.79 Å². The number of hydrogen-bond acceptors (Lipinski definition) is 4. The lowest BCUT2D eigenvalue weighted by Gasteiger charge is -2.33. The van der Waals surface area contributed by atoms with Gasteiger partial charge in [-0.15, -0.1) is 11.3 Å². The molecule has 0 aromatic carbocycles. The van der Waals surface area contributed by atoms with E-state index >= 15 is 0 Å². The molecule has 1 N–H and O–H groups in total. The van der Waals surface area contributed by atoms with E-state index in [1.165, 1.54) is 4.88 Å². The zero-order valence-corrected chi connectivity index (χ0v) is 14.2. The van der Waals surface area contributed by atoms with Gasteiger partial charge in [0.15, 0.2) is 0 Å². The standard InChI is InChI=1S/C16H20N2O2S2/c1-2-13(15-4-3-8-22-15)17-16(19)18-6-7-20-14(10-18)12-5-9-21-11-12/h3-5,8-9,11,13-14H,2,6-7,10H2,1H3,(H,17,19). The molecule has 2 atom stereocenters. The van der Waals surface area contributed by atoms with Gasteiger partial charge < -0.3 is 15.0 Å². The van der Waals surface area contributed by atoms with Crippen molar-refractivity contribution in [1.82, 2.24) is 10.2 Å². The van der Waals surface area contributed by atoms with Crippen molar-refractivity contribution in [2.24, 2.45) is 0 Å². The van der Waals surface area contributed by atoms with Gasteiger partial charge in [-0.2, -0.15) is 11.3 Å². The van der Waals surface area contributed by atoms with E-state index in [4.69, 9.17) is 4.74 Å². The van der Waals surface area contributed by atoms with Gasteiger partial charge in [0.2, 0.25) is 0 Å². The summed E-state index contributed by atoms with van der Waals surface area (Å²) in [6.07, 6.45) is 0.887. The fourth-order valence-corrected chi connectivity index (χ4v) is 4.16. The minimum Gasteiger partial charge on any atom is -0.370 e. The number of rotatable bonds is 4. The molecule has 2 amide bonds. The molecule has 6 heteroatoms. The molecule has 118 valence electrons. The number of carbonyl (C=O) groups is 1. The lowest BCUT2D eigenvalue weighted by molar-refractivity contribution is -0.0155. The van der Waals surface area contributed by atoms with Crippen molar-refractivity contribution in [2.45, 2.75) is 25.5 Å². The summed E-state index contributed by atoms with van der Waals surface area (Å²) in [6, 6.07) is 6.26. The van der Waals surface area contributed by atoms with Gasteiger partial charge in [-0.3, -0.25) is 0 Å². The molecule has 2 aromatic heterocycles. The Balaban J connectivity index is 1.62. The topological polar surface area (TPSA) is 41.6 Å². The van der Waals surface area contributed by atoms with Crippen LogP contribution in [0.3, 0.4) is 0 Å². The van der Waals surface area contributed by atoms with Crippen LogP contribution < -0.4 is 5.32 Å². The Labute approximate surface area is 138 Å². The summed E-state index contributed by atoms with van der Waals surface area (Å²) in [5.74, 6) is 0. The molecule has 4 nitrogen and oxygen atoms in total. The molecular formula is C16H20N2O2S2. The van der Waals surface area contributed by atoms with Crippen LogP contribution in [0.25, 0.3) is 0 Å². The van der Waals surface area contributed by atoms with Crippen molar-refractivity contribution in [1.29, 1.82) is 0 Å². The van der Waals surface area contributed by atoms with Crippen molar-refractivity contribution >= 4 is 28.7 Å². The minimum absolute atomic E-state index is 0.00350. The molecule has 3 rings (SSSR count). The van der Waals surface area contributed by atoms with Gasteiger partial charge in [0.1, 0.15) is 6.10 Å². The van der Waals surface area contributed by atoms with E-state index in [1.54, 1.807) is 22.7 Å². The number of nitrogens with one attached hydrogen (secondary N) is 1. The molecule has 3 heterocycles. The highest BCUT2D eigenvalue weighted by Crippen LogP contribution is 2.25. The van der Waals surface area contributed by atoms with Crippen LogP contribution in [-0.2, 0) is 4.74 Å². The highest BCUT2D eigenvalue weighted by molar-refractivity contribution is 7.10. The molecule has 1 aliphatic rings. The van der Waals surface area contributed by atoms with Crippen molar-refractivity contribution in [2.75, 3.05) is 19.7 Å². The van der Waals surface area contributed by atoms with E-state index < -0.39 is 0 Å². The van der Waals surface area contributed by atoms with E-state index in [0.29, 0.717) is 19.7 Å². The number of carbonyl (C=O) groups excluding carboxylic acids is 1.